The van der Waals surface area contributed by atoms with Crippen LogP contribution in [0, 0.1) is 6.92 Å². The Hall–Kier alpha value is -2.36. The standard InChI is InChI=1S/C15H17N3O/c1-10-6-5-9-14(17-10)15(19)18-11(2)12-7-3-4-8-13(12)16/h3-9,11H,16H2,1-2H3,(H,18,19). The maximum atomic E-state index is 12.1. The zero-order valence-corrected chi connectivity index (χ0v) is 11.1. The number of nitrogens with zero attached hydrogens (tertiary/aromatic N) is 1. The number of amides is 1. The second kappa shape index (κ2) is 5.52. The summed E-state index contributed by atoms with van der Waals surface area (Å²) in [7, 11) is 0. The van der Waals surface area contributed by atoms with E-state index in [0.717, 1.165) is 11.3 Å². The van der Waals surface area contributed by atoms with Gasteiger partial charge in [-0.1, -0.05) is 24.3 Å². The first-order valence-electron chi connectivity index (χ1n) is 6.17. The lowest BCUT2D eigenvalue weighted by Crippen LogP contribution is -2.28. The van der Waals surface area contributed by atoms with Crippen molar-refractivity contribution in [3.05, 3.63) is 59.4 Å². The summed E-state index contributed by atoms with van der Waals surface area (Å²) in [5.41, 5.74) is 8.71. The molecule has 4 nitrogen and oxygen atoms in total. The highest BCUT2D eigenvalue weighted by molar-refractivity contribution is 5.92. The SMILES string of the molecule is Cc1cccc(C(=O)NC(C)c2ccccc2N)n1. The summed E-state index contributed by atoms with van der Waals surface area (Å²) in [5.74, 6) is -0.195. The topological polar surface area (TPSA) is 68.0 Å². The predicted molar refractivity (Wildman–Crippen MR) is 75.7 cm³/mol. The third-order valence-electron chi connectivity index (χ3n) is 2.93. The molecule has 3 N–H and O–H groups in total. The number of pyridine rings is 1. The Balaban J connectivity index is 2.13. The molecule has 19 heavy (non-hydrogen) atoms. The average Bonchev–Trinajstić information content (AvgIpc) is 2.39. The Kier molecular flexibility index (Phi) is 3.80. The highest BCUT2D eigenvalue weighted by Crippen LogP contribution is 2.19. The first-order chi connectivity index (χ1) is 9.08. The van der Waals surface area contributed by atoms with E-state index in [1.54, 1.807) is 6.07 Å². The maximum absolute atomic E-state index is 12.1. The number of para-hydroxylation sites is 1. The number of hydrogen-bond acceptors (Lipinski definition) is 3. The number of rotatable bonds is 3. The molecule has 0 spiro atoms. The van der Waals surface area contributed by atoms with Crippen LogP contribution in [0.15, 0.2) is 42.5 Å². The molecule has 0 saturated carbocycles. The molecule has 1 unspecified atom stereocenters. The van der Waals surface area contributed by atoms with E-state index in [1.165, 1.54) is 0 Å². The van der Waals surface area contributed by atoms with Crippen LogP contribution >= 0.6 is 0 Å². The molecule has 1 aromatic carbocycles. The van der Waals surface area contributed by atoms with Gasteiger partial charge in [0.15, 0.2) is 0 Å². The van der Waals surface area contributed by atoms with Crippen LogP contribution in [0.1, 0.15) is 34.7 Å². The lowest BCUT2D eigenvalue weighted by atomic mass is 10.1. The maximum Gasteiger partial charge on any atom is 0.270 e. The van der Waals surface area contributed by atoms with Crippen LogP contribution in [-0.4, -0.2) is 10.9 Å². The predicted octanol–water partition coefficient (Wildman–Crippen LogP) is 2.46. The van der Waals surface area contributed by atoms with Crippen LogP contribution in [0.25, 0.3) is 0 Å². The van der Waals surface area contributed by atoms with Gasteiger partial charge < -0.3 is 11.1 Å². The molecule has 2 aromatic rings. The Morgan fingerprint density at radius 1 is 1.21 bits per heavy atom. The Bertz CT molecular complexity index is 595. The van der Waals surface area contributed by atoms with E-state index in [9.17, 15) is 4.79 Å². The Labute approximate surface area is 112 Å². The number of nitrogens with one attached hydrogen (secondary N) is 1. The van der Waals surface area contributed by atoms with Gasteiger partial charge in [-0.2, -0.15) is 0 Å². The summed E-state index contributed by atoms with van der Waals surface area (Å²) in [5, 5.41) is 2.90. The molecular weight excluding hydrogens is 238 g/mol. The van der Waals surface area contributed by atoms with E-state index in [4.69, 9.17) is 5.73 Å². The lowest BCUT2D eigenvalue weighted by Gasteiger charge is -2.16. The molecule has 0 fully saturated rings. The zero-order valence-electron chi connectivity index (χ0n) is 11.1. The van der Waals surface area contributed by atoms with E-state index < -0.39 is 0 Å². The molecule has 98 valence electrons. The molecule has 1 atom stereocenters. The summed E-state index contributed by atoms with van der Waals surface area (Å²) in [6, 6.07) is 12.7. The van der Waals surface area contributed by atoms with E-state index in [2.05, 4.69) is 10.3 Å². The zero-order chi connectivity index (χ0) is 13.8. The minimum Gasteiger partial charge on any atom is -0.398 e. The first-order valence-corrected chi connectivity index (χ1v) is 6.17. The fourth-order valence-electron chi connectivity index (χ4n) is 1.92. The third-order valence-corrected chi connectivity index (χ3v) is 2.93. The lowest BCUT2D eigenvalue weighted by molar-refractivity contribution is 0.0935. The molecule has 1 aromatic heterocycles. The van der Waals surface area contributed by atoms with Gasteiger partial charge in [0.2, 0.25) is 0 Å². The van der Waals surface area contributed by atoms with Crippen molar-refractivity contribution in [2.45, 2.75) is 19.9 Å². The fraction of sp³-hybridized carbons (Fsp3) is 0.200. The summed E-state index contributed by atoms with van der Waals surface area (Å²) < 4.78 is 0. The molecule has 4 heteroatoms. The molecule has 0 aliphatic carbocycles. The van der Waals surface area contributed by atoms with Crippen LogP contribution in [0.4, 0.5) is 5.69 Å². The Morgan fingerprint density at radius 2 is 1.95 bits per heavy atom. The molecule has 1 amide bonds. The fourth-order valence-corrected chi connectivity index (χ4v) is 1.92. The van der Waals surface area contributed by atoms with Crippen LogP contribution in [0.5, 0.6) is 0 Å². The number of aromatic nitrogens is 1. The van der Waals surface area contributed by atoms with Crippen molar-refractivity contribution in [2.24, 2.45) is 0 Å². The number of aryl methyl sites for hydroxylation is 1. The number of anilines is 1. The normalized spacial score (nSPS) is 11.9. The third kappa shape index (κ3) is 3.10. The number of carbonyl (C=O) groups excluding carboxylic acids is 1. The van der Waals surface area contributed by atoms with Crippen LogP contribution in [0.3, 0.4) is 0 Å². The van der Waals surface area contributed by atoms with Crippen molar-refractivity contribution >= 4 is 11.6 Å². The number of carbonyl (C=O) groups is 1. The largest absolute Gasteiger partial charge is 0.398 e. The minimum absolute atomic E-state index is 0.156. The van der Waals surface area contributed by atoms with Crippen molar-refractivity contribution in [1.29, 1.82) is 0 Å². The number of benzene rings is 1. The highest BCUT2D eigenvalue weighted by atomic mass is 16.1. The molecule has 0 saturated heterocycles. The van der Waals surface area contributed by atoms with Crippen molar-refractivity contribution in [3.63, 3.8) is 0 Å². The molecule has 0 radical (unpaired) electrons. The molecule has 0 aliphatic rings. The summed E-state index contributed by atoms with van der Waals surface area (Å²) in [6.07, 6.45) is 0. The second-order valence-electron chi connectivity index (χ2n) is 4.49. The monoisotopic (exact) mass is 255 g/mol. The highest BCUT2D eigenvalue weighted by Gasteiger charge is 2.14. The quantitative estimate of drug-likeness (QED) is 0.828. The van der Waals surface area contributed by atoms with E-state index in [-0.39, 0.29) is 11.9 Å². The number of nitrogen functional groups attached to an aromatic ring is 1. The van der Waals surface area contributed by atoms with Gasteiger partial charge in [-0.15, -0.1) is 0 Å². The molecule has 0 aliphatic heterocycles. The van der Waals surface area contributed by atoms with E-state index in [0.29, 0.717) is 11.4 Å². The van der Waals surface area contributed by atoms with Gasteiger partial charge in [-0.05, 0) is 37.6 Å². The molecular formula is C15H17N3O. The van der Waals surface area contributed by atoms with Crippen LogP contribution < -0.4 is 11.1 Å². The molecule has 0 bridgehead atoms. The van der Waals surface area contributed by atoms with Crippen molar-refractivity contribution in [3.8, 4) is 0 Å². The first kappa shape index (κ1) is 13.1. The van der Waals surface area contributed by atoms with Gasteiger partial charge >= 0.3 is 0 Å². The minimum atomic E-state index is -0.195. The van der Waals surface area contributed by atoms with E-state index in [1.807, 2.05) is 50.2 Å². The number of nitrogens with two attached hydrogens (primary N) is 1. The average molecular weight is 255 g/mol. The van der Waals surface area contributed by atoms with Crippen LogP contribution in [0.2, 0.25) is 0 Å². The van der Waals surface area contributed by atoms with Gasteiger partial charge in [0.05, 0.1) is 6.04 Å². The summed E-state index contributed by atoms with van der Waals surface area (Å²) in [4.78, 5) is 16.3. The van der Waals surface area contributed by atoms with Crippen molar-refractivity contribution < 1.29 is 4.79 Å². The molecule has 1 heterocycles. The van der Waals surface area contributed by atoms with Crippen molar-refractivity contribution in [2.75, 3.05) is 5.73 Å². The number of hydrogen-bond donors (Lipinski definition) is 2. The summed E-state index contributed by atoms with van der Waals surface area (Å²) in [6.45, 7) is 3.76. The Morgan fingerprint density at radius 3 is 2.63 bits per heavy atom. The van der Waals surface area contributed by atoms with Gasteiger partial charge in [0, 0.05) is 11.4 Å². The smallest absolute Gasteiger partial charge is 0.270 e. The molecule has 2 rings (SSSR count). The van der Waals surface area contributed by atoms with Gasteiger partial charge in [0.1, 0.15) is 5.69 Å². The summed E-state index contributed by atoms with van der Waals surface area (Å²) >= 11 is 0. The van der Waals surface area contributed by atoms with Crippen molar-refractivity contribution in [1.82, 2.24) is 10.3 Å². The van der Waals surface area contributed by atoms with Crippen LogP contribution in [-0.2, 0) is 0 Å². The second-order valence-corrected chi connectivity index (χ2v) is 4.49. The van der Waals surface area contributed by atoms with E-state index >= 15 is 0 Å². The van der Waals surface area contributed by atoms with Gasteiger partial charge in [-0.25, -0.2) is 4.98 Å². The van der Waals surface area contributed by atoms with Gasteiger partial charge in [0.25, 0.3) is 5.91 Å². The van der Waals surface area contributed by atoms with Gasteiger partial charge in [-0.3, -0.25) is 4.79 Å².